The lowest BCUT2D eigenvalue weighted by Gasteiger charge is -2.25. The van der Waals surface area contributed by atoms with Crippen molar-refractivity contribution in [3.8, 4) is 0 Å². The third-order valence-electron chi connectivity index (χ3n) is 6.93. The Morgan fingerprint density at radius 2 is 1.89 bits per heavy atom. The first kappa shape index (κ1) is 22.6. The van der Waals surface area contributed by atoms with Crippen molar-refractivity contribution in [2.24, 2.45) is 10.1 Å². The van der Waals surface area contributed by atoms with Gasteiger partial charge in [-0.2, -0.15) is 4.98 Å². The fourth-order valence-electron chi connectivity index (χ4n) is 4.89. The highest BCUT2D eigenvalue weighted by Crippen LogP contribution is 2.35. The maximum atomic E-state index is 14.0. The van der Waals surface area contributed by atoms with Crippen LogP contribution in [-0.4, -0.2) is 51.6 Å². The predicted molar refractivity (Wildman–Crippen MR) is 134 cm³/mol. The van der Waals surface area contributed by atoms with E-state index in [1.807, 2.05) is 29.2 Å². The Morgan fingerprint density at radius 1 is 1.06 bits per heavy atom. The average molecular weight is 499 g/mol. The molecule has 0 radical (unpaired) electrons. The van der Waals surface area contributed by atoms with E-state index in [1.54, 1.807) is 6.07 Å². The van der Waals surface area contributed by atoms with E-state index in [0.29, 0.717) is 54.6 Å². The number of aromatic nitrogens is 2. The van der Waals surface area contributed by atoms with Crippen molar-refractivity contribution in [3.05, 3.63) is 53.6 Å². The molecule has 1 unspecified atom stereocenters. The Labute approximate surface area is 203 Å². The van der Waals surface area contributed by atoms with E-state index >= 15 is 0 Å². The van der Waals surface area contributed by atoms with Gasteiger partial charge in [-0.25, -0.2) is 22.3 Å². The van der Waals surface area contributed by atoms with Crippen LogP contribution in [0.15, 0.2) is 51.7 Å². The molecular formula is C25H28F2N6OS. The number of nitrogens with zero attached hydrogens (tertiary/aromatic N) is 5. The molecule has 0 amide bonds. The smallest absolute Gasteiger partial charge is 0.263 e. The second kappa shape index (κ2) is 8.67. The van der Waals surface area contributed by atoms with Crippen molar-refractivity contribution in [3.63, 3.8) is 0 Å². The molecule has 6 rings (SSSR count). The number of benzene rings is 2. The topological polar surface area (TPSA) is 87.7 Å². The molecule has 3 aromatic rings. The lowest BCUT2D eigenvalue weighted by molar-refractivity contribution is 0.151. The van der Waals surface area contributed by atoms with Crippen molar-refractivity contribution >= 4 is 32.4 Å². The van der Waals surface area contributed by atoms with Gasteiger partial charge in [0.15, 0.2) is 0 Å². The molecule has 0 spiro atoms. The molecular weight excluding hydrogens is 470 g/mol. The maximum Gasteiger partial charge on any atom is 0.263 e. The van der Waals surface area contributed by atoms with Gasteiger partial charge in [0, 0.05) is 43.2 Å². The molecule has 2 aliphatic heterocycles. The van der Waals surface area contributed by atoms with E-state index in [0.717, 1.165) is 29.7 Å². The highest BCUT2D eigenvalue weighted by molar-refractivity contribution is 7.93. The van der Waals surface area contributed by atoms with Crippen molar-refractivity contribution < 1.29 is 13.0 Å². The molecule has 2 atom stereocenters. The summed E-state index contributed by atoms with van der Waals surface area (Å²) in [5.41, 5.74) is 7.67. The number of halogens is 2. The van der Waals surface area contributed by atoms with E-state index in [-0.39, 0.29) is 17.6 Å². The SMILES string of the molecule is N[C@@H]1CCN(c2nc(N3CCS(=O)(=NC4CC4)c4ccccc4C3)nc3ccc(C(F)F)cc23)C1. The summed E-state index contributed by atoms with van der Waals surface area (Å²) in [7, 11) is -2.54. The Morgan fingerprint density at radius 3 is 2.63 bits per heavy atom. The summed E-state index contributed by atoms with van der Waals surface area (Å²) in [6, 6.07) is 12.5. The van der Waals surface area contributed by atoms with Gasteiger partial charge in [0.25, 0.3) is 6.43 Å². The molecule has 1 aliphatic carbocycles. The first-order valence-electron chi connectivity index (χ1n) is 12.1. The van der Waals surface area contributed by atoms with Gasteiger partial charge in [0.1, 0.15) is 5.82 Å². The third-order valence-corrected chi connectivity index (χ3v) is 9.39. The van der Waals surface area contributed by atoms with Crippen LogP contribution in [0.1, 0.15) is 36.8 Å². The lowest BCUT2D eigenvalue weighted by atomic mass is 10.1. The zero-order chi connectivity index (χ0) is 24.2. The molecule has 1 saturated heterocycles. The molecule has 1 saturated carbocycles. The van der Waals surface area contributed by atoms with Gasteiger partial charge in [-0.15, -0.1) is 0 Å². The van der Waals surface area contributed by atoms with Crippen molar-refractivity contribution in [2.45, 2.75) is 49.2 Å². The molecule has 2 fully saturated rings. The first-order valence-corrected chi connectivity index (χ1v) is 13.8. The zero-order valence-electron chi connectivity index (χ0n) is 19.3. The normalized spacial score (nSPS) is 24.6. The number of alkyl halides is 2. The standard InChI is InChI=1S/C25H28F2N6OS/c26-23(27)16-5-8-21-20(13-16)24(32-10-9-18(28)15-32)30-25(29-21)33-11-12-35(34,31-19-6-7-19)22-4-2-1-3-17(22)14-33/h1-5,8,13,18-19,23H,6-7,9-12,14-15,28H2/t18-,35?/m1/s1. The second-order valence-electron chi connectivity index (χ2n) is 9.63. The van der Waals surface area contributed by atoms with Gasteiger partial charge in [-0.3, -0.25) is 0 Å². The molecule has 1 aromatic heterocycles. The summed E-state index contributed by atoms with van der Waals surface area (Å²) in [5.74, 6) is 1.53. The summed E-state index contributed by atoms with van der Waals surface area (Å²) < 4.78 is 45.7. The Hall–Kier alpha value is -2.85. The Balaban J connectivity index is 1.45. The Bertz CT molecular complexity index is 1400. The van der Waals surface area contributed by atoms with Crippen LogP contribution in [0.25, 0.3) is 10.9 Å². The zero-order valence-corrected chi connectivity index (χ0v) is 20.1. The van der Waals surface area contributed by atoms with Crippen LogP contribution in [-0.2, 0) is 16.3 Å². The van der Waals surface area contributed by atoms with Gasteiger partial charge in [0.05, 0.1) is 31.9 Å². The van der Waals surface area contributed by atoms with Crippen LogP contribution in [0, 0.1) is 0 Å². The lowest BCUT2D eigenvalue weighted by Crippen LogP contribution is -2.30. The predicted octanol–water partition coefficient (Wildman–Crippen LogP) is 4.11. The van der Waals surface area contributed by atoms with Crippen LogP contribution < -0.4 is 15.5 Å². The van der Waals surface area contributed by atoms with Gasteiger partial charge in [-0.1, -0.05) is 24.3 Å². The fraction of sp³-hybridized carbons (Fsp3) is 0.440. The molecule has 2 aromatic carbocycles. The highest BCUT2D eigenvalue weighted by atomic mass is 32.2. The molecule has 3 heterocycles. The highest BCUT2D eigenvalue weighted by Gasteiger charge is 2.30. The number of rotatable bonds is 4. The second-order valence-corrected chi connectivity index (χ2v) is 12.0. The van der Waals surface area contributed by atoms with Crippen molar-refractivity contribution in [2.75, 3.05) is 35.2 Å². The quantitative estimate of drug-likeness (QED) is 0.583. The molecule has 0 bridgehead atoms. The Kier molecular flexibility index (Phi) is 5.60. The number of hydrogen-bond acceptors (Lipinski definition) is 7. The molecule has 3 aliphatic rings. The van der Waals surface area contributed by atoms with E-state index in [1.165, 1.54) is 12.1 Å². The van der Waals surface area contributed by atoms with E-state index in [4.69, 9.17) is 20.1 Å². The van der Waals surface area contributed by atoms with E-state index < -0.39 is 16.2 Å². The number of nitrogens with two attached hydrogens (primary N) is 1. The molecule has 7 nitrogen and oxygen atoms in total. The molecule has 10 heteroatoms. The average Bonchev–Trinajstić information content (AvgIpc) is 3.58. The van der Waals surface area contributed by atoms with E-state index in [2.05, 4.69) is 4.90 Å². The number of fused-ring (bicyclic) bond motifs is 2. The minimum atomic E-state index is -2.57. The summed E-state index contributed by atoms with van der Waals surface area (Å²) in [6.07, 6.45) is 0.243. The van der Waals surface area contributed by atoms with Crippen molar-refractivity contribution in [1.82, 2.24) is 9.97 Å². The molecule has 2 N–H and O–H groups in total. The summed E-state index contributed by atoms with van der Waals surface area (Å²) in [4.78, 5) is 14.6. The van der Waals surface area contributed by atoms with Crippen LogP contribution in [0.4, 0.5) is 20.5 Å². The maximum absolute atomic E-state index is 14.0. The van der Waals surface area contributed by atoms with Crippen LogP contribution in [0.2, 0.25) is 0 Å². The summed E-state index contributed by atoms with van der Waals surface area (Å²) in [6.45, 7) is 2.32. The van der Waals surface area contributed by atoms with Gasteiger partial charge < -0.3 is 15.5 Å². The van der Waals surface area contributed by atoms with Gasteiger partial charge >= 0.3 is 0 Å². The van der Waals surface area contributed by atoms with Crippen LogP contribution in [0.3, 0.4) is 0 Å². The molecule has 184 valence electrons. The minimum Gasteiger partial charge on any atom is -0.354 e. The monoisotopic (exact) mass is 498 g/mol. The number of anilines is 2. The largest absolute Gasteiger partial charge is 0.354 e. The summed E-state index contributed by atoms with van der Waals surface area (Å²) in [5, 5.41) is 0.600. The van der Waals surface area contributed by atoms with Crippen LogP contribution >= 0.6 is 0 Å². The fourth-order valence-corrected chi connectivity index (χ4v) is 7.32. The van der Waals surface area contributed by atoms with Gasteiger partial charge in [-0.05, 0) is 43.0 Å². The summed E-state index contributed by atoms with van der Waals surface area (Å²) >= 11 is 0. The van der Waals surface area contributed by atoms with Crippen molar-refractivity contribution in [1.29, 1.82) is 0 Å². The first-order chi connectivity index (χ1) is 16.9. The third kappa shape index (κ3) is 4.33. The van der Waals surface area contributed by atoms with E-state index in [9.17, 15) is 13.0 Å². The number of hydrogen-bond donors (Lipinski definition) is 1. The minimum absolute atomic E-state index is 0.0144. The van der Waals surface area contributed by atoms with Crippen LogP contribution in [0.5, 0.6) is 0 Å². The van der Waals surface area contributed by atoms with Gasteiger partial charge in [0.2, 0.25) is 5.95 Å². The molecule has 35 heavy (non-hydrogen) atoms.